The van der Waals surface area contributed by atoms with E-state index in [0.29, 0.717) is 54.1 Å². The van der Waals surface area contributed by atoms with Gasteiger partial charge in [0.2, 0.25) is 5.65 Å². The van der Waals surface area contributed by atoms with Crippen LogP contribution in [0.2, 0.25) is 5.15 Å². The van der Waals surface area contributed by atoms with Crippen molar-refractivity contribution < 1.29 is 9.21 Å². The highest BCUT2D eigenvalue weighted by atomic mass is 35.5. The maximum atomic E-state index is 13.0. The zero-order valence-corrected chi connectivity index (χ0v) is 19.5. The van der Waals surface area contributed by atoms with E-state index < -0.39 is 0 Å². The summed E-state index contributed by atoms with van der Waals surface area (Å²) in [4.78, 5) is 25.5. The molecule has 0 aliphatic carbocycles. The van der Waals surface area contributed by atoms with Crippen LogP contribution in [0.5, 0.6) is 0 Å². The van der Waals surface area contributed by atoms with E-state index in [9.17, 15) is 4.79 Å². The number of amides is 1. The van der Waals surface area contributed by atoms with Gasteiger partial charge < -0.3 is 14.2 Å². The lowest BCUT2D eigenvalue weighted by Gasteiger charge is -2.33. The third-order valence-electron chi connectivity index (χ3n) is 5.65. The number of hydrogen-bond donors (Lipinski definition) is 0. The van der Waals surface area contributed by atoms with Gasteiger partial charge in [0, 0.05) is 37.3 Å². The topological polar surface area (TPSA) is 93.2 Å². The lowest BCUT2D eigenvalue weighted by atomic mass is 10.1. The first-order chi connectivity index (χ1) is 15.8. The third-order valence-corrected chi connectivity index (χ3v) is 5.86. The summed E-state index contributed by atoms with van der Waals surface area (Å²) in [5, 5.41) is 8.85. The van der Waals surface area contributed by atoms with E-state index >= 15 is 0 Å². The van der Waals surface area contributed by atoms with E-state index in [1.54, 1.807) is 12.1 Å². The molecule has 0 atom stereocenters. The van der Waals surface area contributed by atoms with Gasteiger partial charge in [-0.3, -0.25) is 4.79 Å². The predicted molar refractivity (Wildman–Crippen MR) is 125 cm³/mol. The molecule has 1 aliphatic heterocycles. The molecule has 9 nitrogen and oxygen atoms in total. The zero-order chi connectivity index (χ0) is 23.2. The molecular formula is C23H24ClN7O2. The van der Waals surface area contributed by atoms with Crippen LogP contribution in [-0.4, -0.2) is 61.9 Å². The van der Waals surface area contributed by atoms with Crippen molar-refractivity contribution >= 4 is 34.8 Å². The normalized spacial score (nSPS) is 14.8. The average Bonchev–Trinajstić information content (AvgIpc) is 3.46. The molecule has 33 heavy (non-hydrogen) atoms. The minimum absolute atomic E-state index is 0.00515. The highest BCUT2D eigenvalue weighted by Crippen LogP contribution is 2.24. The van der Waals surface area contributed by atoms with Gasteiger partial charge in [-0.25, -0.2) is 9.67 Å². The fourth-order valence-electron chi connectivity index (χ4n) is 3.71. The van der Waals surface area contributed by atoms with Crippen molar-refractivity contribution in [2.45, 2.75) is 26.3 Å². The lowest BCUT2D eigenvalue weighted by molar-refractivity contribution is 0.0745. The smallest absolute Gasteiger partial charge is 0.300 e. The van der Waals surface area contributed by atoms with Crippen molar-refractivity contribution in [2.75, 3.05) is 31.1 Å². The number of fused-ring (bicyclic) bond motifs is 1. The van der Waals surface area contributed by atoms with E-state index in [2.05, 4.69) is 41.1 Å². The van der Waals surface area contributed by atoms with Crippen LogP contribution in [0.4, 0.5) is 6.01 Å². The van der Waals surface area contributed by atoms with Gasteiger partial charge in [-0.2, -0.15) is 4.98 Å². The third kappa shape index (κ3) is 4.28. The summed E-state index contributed by atoms with van der Waals surface area (Å²) in [5.74, 6) is 0.00515. The van der Waals surface area contributed by atoms with Crippen LogP contribution in [0.3, 0.4) is 0 Å². The fourth-order valence-corrected chi connectivity index (χ4v) is 3.85. The lowest BCUT2D eigenvalue weighted by Crippen LogP contribution is -2.48. The molecular weight excluding hydrogens is 442 g/mol. The highest BCUT2D eigenvalue weighted by molar-refractivity contribution is 6.29. The van der Waals surface area contributed by atoms with Crippen LogP contribution >= 0.6 is 11.6 Å². The number of nitrogens with zero attached hydrogens (tertiary/aromatic N) is 7. The van der Waals surface area contributed by atoms with Gasteiger partial charge in [0.1, 0.15) is 10.8 Å². The molecule has 1 amide bonds. The first-order valence-corrected chi connectivity index (χ1v) is 11.2. The number of hydrogen-bond acceptors (Lipinski definition) is 7. The Morgan fingerprint density at radius 2 is 1.73 bits per heavy atom. The number of rotatable bonds is 3. The molecule has 3 aromatic heterocycles. The molecule has 0 unspecified atom stereocenters. The molecule has 1 fully saturated rings. The second kappa shape index (κ2) is 8.15. The van der Waals surface area contributed by atoms with Gasteiger partial charge in [-0.1, -0.05) is 28.9 Å². The van der Waals surface area contributed by atoms with Crippen LogP contribution in [0.15, 0.2) is 47.0 Å². The second-order valence-corrected chi connectivity index (χ2v) is 9.42. The Morgan fingerprint density at radius 1 is 1.00 bits per heavy atom. The van der Waals surface area contributed by atoms with Gasteiger partial charge in [0.15, 0.2) is 5.58 Å². The Morgan fingerprint density at radius 3 is 2.39 bits per heavy atom. The zero-order valence-electron chi connectivity index (χ0n) is 18.7. The van der Waals surface area contributed by atoms with Crippen molar-refractivity contribution in [1.82, 2.24) is 29.9 Å². The van der Waals surface area contributed by atoms with Gasteiger partial charge in [-0.05, 0) is 45.0 Å². The minimum atomic E-state index is -0.134. The summed E-state index contributed by atoms with van der Waals surface area (Å²) in [6.07, 6.45) is 1.92. The number of anilines is 1. The predicted octanol–water partition coefficient (Wildman–Crippen LogP) is 3.85. The standard InChI is InChI=1S/C23H24ClN7O2/c1-23(2,3)31-14-17(27-28-31)15-4-6-16(7-5-15)21(32)29-10-12-30(13-11-29)22-26-20-18(33-22)8-9-19(24)25-20/h4-9,14H,10-13H2,1-3H3. The number of benzene rings is 1. The van der Waals surface area contributed by atoms with E-state index in [4.69, 9.17) is 16.0 Å². The van der Waals surface area contributed by atoms with Gasteiger partial charge in [0.05, 0.1) is 11.7 Å². The Hall–Kier alpha value is -3.46. The number of pyridine rings is 1. The molecule has 1 saturated heterocycles. The van der Waals surface area contributed by atoms with Crippen molar-refractivity contribution in [3.8, 4) is 11.3 Å². The molecule has 5 rings (SSSR count). The van der Waals surface area contributed by atoms with Crippen LogP contribution in [0.25, 0.3) is 22.5 Å². The Kier molecular flexibility index (Phi) is 5.28. The monoisotopic (exact) mass is 465 g/mol. The van der Waals surface area contributed by atoms with E-state index in [-0.39, 0.29) is 11.4 Å². The number of carbonyl (C=O) groups is 1. The molecule has 0 saturated carbocycles. The summed E-state index contributed by atoms with van der Waals surface area (Å²) in [6, 6.07) is 11.4. The van der Waals surface area contributed by atoms with Crippen LogP contribution in [-0.2, 0) is 5.54 Å². The molecule has 4 aromatic rings. The number of halogens is 1. The Labute approximate surface area is 196 Å². The number of piperazine rings is 1. The van der Waals surface area contributed by atoms with Crippen LogP contribution in [0.1, 0.15) is 31.1 Å². The van der Waals surface area contributed by atoms with E-state index in [1.807, 2.05) is 44.9 Å². The minimum Gasteiger partial charge on any atom is -0.422 e. The van der Waals surface area contributed by atoms with Gasteiger partial charge in [-0.15, -0.1) is 5.10 Å². The second-order valence-electron chi connectivity index (χ2n) is 9.03. The summed E-state index contributed by atoms with van der Waals surface area (Å²) >= 11 is 5.93. The van der Waals surface area contributed by atoms with Crippen molar-refractivity contribution in [3.05, 3.63) is 53.3 Å². The number of aromatic nitrogens is 5. The SMILES string of the molecule is CC(C)(C)n1cc(-c2ccc(C(=O)N3CCN(c4nc5nc(Cl)ccc5o4)CC3)cc2)nn1. The van der Waals surface area contributed by atoms with Crippen molar-refractivity contribution in [3.63, 3.8) is 0 Å². The molecule has 10 heteroatoms. The highest BCUT2D eigenvalue weighted by Gasteiger charge is 2.25. The average molecular weight is 466 g/mol. The Balaban J connectivity index is 1.23. The quantitative estimate of drug-likeness (QED) is 0.424. The molecule has 170 valence electrons. The largest absolute Gasteiger partial charge is 0.422 e. The number of carbonyl (C=O) groups excluding carboxylic acids is 1. The number of oxazole rings is 1. The molecule has 1 aromatic carbocycles. The van der Waals surface area contributed by atoms with Gasteiger partial charge >= 0.3 is 0 Å². The van der Waals surface area contributed by atoms with E-state index in [0.717, 1.165) is 11.3 Å². The maximum absolute atomic E-state index is 13.0. The molecule has 4 heterocycles. The molecule has 0 N–H and O–H groups in total. The summed E-state index contributed by atoms with van der Waals surface area (Å²) in [5.41, 5.74) is 3.30. The maximum Gasteiger partial charge on any atom is 0.300 e. The molecule has 1 aliphatic rings. The van der Waals surface area contributed by atoms with Gasteiger partial charge in [0.25, 0.3) is 11.9 Å². The van der Waals surface area contributed by atoms with Crippen molar-refractivity contribution in [1.29, 1.82) is 0 Å². The fraction of sp³-hybridized carbons (Fsp3) is 0.348. The van der Waals surface area contributed by atoms with E-state index in [1.165, 1.54) is 0 Å². The first kappa shape index (κ1) is 21.4. The van der Waals surface area contributed by atoms with Crippen molar-refractivity contribution in [2.24, 2.45) is 0 Å². The van der Waals surface area contributed by atoms with Crippen LogP contribution in [0, 0.1) is 0 Å². The first-order valence-electron chi connectivity index (χ1n) is 10.8. The molecule has 0 spiro atoms. The summed E-state index contributed by atoms with van der Waals surface area (Å²) < 4.78 is 7.63. The molecule has 0 bridgehead atoms. The van der Waals surface area contributed by atoms with Crippen LogP contribution < -0.4 is 4.90 Å². The Bertz CT molecular complexity index is 1300. The molecule has 0 radical (unpaired) electrons. The summed E-state index contributed by atoms with van der Waals surface area (Å²) in [7, 11) is 0. The summed E-state index contributed by atoms with van der Waals surface area (Å²) in [6.45, 7) is 8.62.